The van der Waals surface area contributed by atoms with Gasteiger partial charge >= 0.3 is 0 Å². The number of carbonyl (C=O) groups is 1. The van der Waals surface area contributed by atoms with Crippen LogP contribution in [0.1, 0.15) is 10.4 Å². The van der Waals surface area contributed by atoms with Gasteiger partial charge in [-0.2, -0.15) is 5.10 Å². The van der Waals surface area contributed by atoms with Crippen LogP contribution in [0.5, 0.6) is 0 Å². The highest BCUT2D eigenvalue weighted by atomic mass is 79.9. The van der Waals surface area contributed by atoms with Crippen molar-refractivity contribution >= 4 is 59.4 Å². The molecule has 0 atom stereocenters. The van der Waals surface area contributed by atoms with E-state index in [1.807, 2.05) is 36.5 Å². The van der Waals surface area contributed by atoms with Crippen LogP contribution in [-0.2, 0) is 0 Å². The molecule has 1 amide bonds. The molecule has 0 radical (unpaired) electrons. The second-order valence-corrected chi connectivity index (χ2v) is 7.41. The summed E-state index contributed by atoms with van der Waals surface area (Å²) < 4.78 is 4.40. The number of nitrogens with zero attached hydrogens (tertiary/aromatic N) is 2. The van der Waals surface area contributed by atoms with E-state index in [2.05, 4.69) is 58.2 Å². The molecule has 4 nitrogen and oxygen atoms in total. The summed E-state index contributed by atoms with van der Waals surface area (Å²) in [6.07, 6.45) is 3.57. The van der Waals surface area contributed by atoms with Gasteiger partial charge in [0, 0.05) is 20.7 Å². The van der Waals surface area contributed by atoms with Gasteiger partial charge in [-0.3, -0.25) is 4.79 Å². The van der Waals surface area contributed by atoms with Gasteiger partial charge in [-0.1, -0.05) is 15.9 Å². The Labute approximate surface area is 158 Å². The van der Waals surface area contributed by atoms with Crippen molar-refractivity contribution in [2.75, 3.05) is 5.32 Å². The first-order valence-corrected chi connectivity index (χ1v) is 8.98. The SMILES string of the molecule is O=C(Nc1ccc(Br)cc1Br)c1ccc(-n2cc(Br)cn2)cc1. The van der Waals surface area contributed by atoms with Crippen LogP contribution < -0.4 is 5.32 Å². The van der Waals surface area contributed by atoms with Gasteiger partial charge in [0.1, 0.15) is 0 Å². The molecule has 0 aliphatic rings. The lowest BCUT2D eigenvalue weighted by Crippen LogP contribution is -2.12. The van der Waals surface area contributed by atoms with E-state index < -0.39 is 0 Å². The summed E-state index contributed by atoms with van der Waals surface area (Å²) in [7, 11) is 0. The van der Waals surface area contributed by atoms with Crippen molar-refractivity contribution in [3.8, 4) is 5.69 Å². The zero-order chi connectivity index (χ0) is 16.4. The monoisotopic (exact) mass is 497 g/mol. The molecule has 116 valence electrons. The van der Waals surface area contributed by atoms with Crippen LogP contribution in [0.15, 0.2) is 68.3 Å². The fraction of sp³-hybridized carbons (Fsp3) is 0. The van der Waals surface area contributed by atoms with Crippen molar-refractivity contribution < 1.29 is 4.79 Å². The minimum atomic E-state index is -0.166. The van der Waals surface area contributed by atoms with E-state index in [-0.39, 0.29) is 5.91 Å². The van der Waals surface area contributed by atoms with Gasteiger partial charge in [-0.15, -0.1) is 0 Å². The first kappa shape index (κ1) is 16.4. The summed E-state index contributed by atoms with van der Waals surface area (Å²) in [5.74, 6) is -0.166. The lowest BCUT2D eigenvalue weighted by molar-refractivity contribution is 0.102. The highest BCUT2D eigenvalue weighted by Crippen LogP contribution is 2.26. The smallest absolute Gasteiger partial charge is 0.255 e. The number of rotatable bonds is 3. The Balaban J connectivity index is 1.77. The molecule has 7 heteroatoms. The molecule has 0 saturated heterocycles. The number of aromatic nitrogens is 2. The molecule has 0 aliphatic carbocycles. The Morgan fingerprint density at radius 1 is 1.00 bits per heavy atom. The normalized spacial score (nSPS) is 10.6. The standard InChI is InChI=1S/C16H10Br3N3O/c17-11-3-6-15(14(19)7-11)21-16(23)10-1-4-13(5-2-10)22-9-12(18)8-20-22/h1-9H,(H,21,23). The third kappa shape index (κ3) is 3.91. The summed E-state index contributed by atoms with van der Waals surface area (Å²) in [5.41, 5.74) is 2.19. The zero-order valence-electron chi connectivity index (χ0n) is 11.6. The van der Waals surface area contributed by atoms with Gasteiger partial charge in [-0.05, 0) is 74.3 Å². The number of nitrogens with one attached hydrogen (secondary N) is 1. The number of amides is 1. The van der Waals surface area contributed by atoms with Crippen molar-refractivity contribution in [2.24, 2.45) is 0 Å². The van der Waals surface area contributed by atoms with E-state index in [9.17, 15) is 4.79 Å². The molecule has 0 aliphatic heterocycles. The average molecular weight is 500 g/mol. The largest absolute Gasteiger partial charge is 0.321 e. The maximum absolute atomic E-state index is 12.3. The maximum atomic E-state index is 12.3. The number of halogens is 3. The summed E-state index contributed by atoms with van der Waals surface area (Å²) in [6, 6.07) is 12.8. The average Bonchev–Trinajstić information content (AvgIpc) is 2.97. The fourth-order valence-corrected chi connectivity index (χ4v) is 3.42. The van der Waals surface area contributed by atoms with E-state index in [4.69, 9.17) is 0 Å². The summed E-state index contributed by atoms with van der Waals surface area (Å²) in [5, 5.41) is 7.09. The molecule has 0 bridgehead atoms. The molecule has 0 fully saturated rings. The molecular formula is C16H10Br3N3O. The third-order valence-corrected chi connectivity index (χ3v) is 4.68. The highest BCUT2D eigenvalue weighted by molar-refractivity contribution is 9.11. The fourth-order valence-electron chi connectivity index (χ4n) is 1.99. The Morgan fingerprint density at radius 2 is 1.74 bits per heavy atom. The van der Waals surface area contributed by atoms with Crippen molar-refractivity contribution in [1.82, 2.24) is 9.78 Å². The number of hydrogen-bond acceptors (Lipinski definition) is 2. The summed E-state index contributed by atoms with van der Waals surface area (Å²) >= 11 is 10.2. The number of hydrogen-bond donors (Lipinski definition) is 1. The van der Waals surface area contributed by atoms with Gasteiger partial charge in [0.05, 0.1) is 22.0 Å². The van der Waals surface area contributed by atoms with E-state index >= 15 is 0 Å². The van der Waals surface area contributed by atoms with Crippen LogP contribution in [0.25, 0.3) is 5.69 Å². The van der Waals surface area contributed by atoms with Gasteiger partial charge < -0.3 is 5.32 Å². The minimum absolute atomic E-state index is 0.166. The Kier molecular flexibility index (Phi) is 4.99. The van der Waals surface area contributed by atoms with Gasteiger partial charge in [0.15, 0.2) is 0 Å². The molecule has 0 saturated carbocycles. The molecule has 3 aromatic rings. The molecule has 1 heterocycles. The molecule has 2 aromatic carbocycles. The number of anilines is 1. The number of carbonyl (C=O) groups excluding carboxylic acids is 1. The first-order chi connectivity index (χ1) is 11.0. The number of benzene rings is 2. The van der Waals surface area contributed by atoms with Crippen LogP contribution in [0.4, 0.5) is 5.69 Å². The van der Waals surface area contributed by atoms with Crippen LogP contribution in [0.2, 0.25) is 0 Å². The quantitative estimate of drug-likeness (QED) is 0.523. The molecule has 3 rings (SSSR count). The van der Waals surface area contributed by atoms with Crippen molar-refractivity contribution in [1.29, 1.82) is 0 Å². The molecule has 23 heavy (non-hydrogen) atoms. The van der Waals surface area contributed by atoms with E-state index in [1.165, 1.54) is 0 Å². The Morgan fingerprint density at radius 3 is 2.35 bits per heavy atom. The molecule has 1 aromatic heterocycles. The second kappa shape index (κ2) is 6.98. The maximum Gasteiger partial charge on any atom is 0.255 e. The zero-order valence-corrected chi connectivity index (χ0v) is 16.4. The lowest BCUT2D eigenvalue weighted by Gasteiger charge is -2.08. The van der Waals surface area contributed by atoms with Crippen LogP contribution in [0.3, 0.4) is 0 Å². The highest BCUT2D eigenvalue weighted by Gasteiger charge is 2.09. The van der Waals surface area contributed by atoms with Crippen LogP contribution in [-0.4, -0.2) is 15.7 Å². The lowest BCUT2D eigenvalue weighted by atomic mass is 10.2. The first-order valence-electron chi connectivity index (χ1n) is 6.60. The molecule has 0 spiro atoms. The third-order valence-electron chi connectivity index (χ3n) is 3.12. The van der Waals surface area contributed by atoms with Crippen molar-refractivity contribution in [2.45, 2.75) is 0 Å². The second-order valence-electron chi connectivity index (χ2n) is 4.73. The topological polar surface area (TPSA) is 46.9 Å². The predicted octanol–water partition coefficient (Wildman–Crippen LogP) is 5.41. The molecular weight excluding hydrogens is 490 g/mol. The summed E-state index contributed by atoms with van der Waals surface area (Å²) in [6.45, 7) is 0. The van der Waals surface area contributed by atoms with Crippen molar-refractivity contribution in [3.05, 3.63) is 73.8 Å². The Hall–Kier alpha value is -1.44. The van der Waals surface area contributed by atoms with E-state index in [0.29, 0.717) is 5.56 Å². The van der Waals surface area contributed by atoms with E-state index in [1.54, 1.807) is 23.0 Å². The van der Waals surface area contributed by atoms with Gasteiger partial charge in [-0.25, -0.2) is 4.68 Å². The predicted molar refractivity (Wildman–Crippen MR) is 101 cm³/mol. The molecule has 0 unspecified atom stereocenters. The Bertz CT molecular complexity index is 859. The van der Waals surface area contributed by atoms with Gasteiger partial charge in [0.2, 0.25) is 0 Å². The van der Waals surface area contributed by atoms with Crippen LogP contribution in [0, 0.1) is 0 Å². The van der Waals surface area contributed by atoms with Crippen LogP contribution >= 0.6 is 47.8 Å². The minimum Gasteiger partial charge on any atom is -0.321 e. The van der Waals surface area contributed by atoms with Crippen molar-refractivity contribution in [3.63, 3.8) is 0 Å². The summed E-state index contributed by atoms with van der Waals surface area (Å²) in [4.78, 5) is 12.3. The van der Waals surface area contributed by atoms with E-state index in [0.717, 1.165) is 24.8 Å². The molecule has 1 N–H and O–H groups in total. The van der Waals surface area contributed by atoms with Gasteiger partial charge in [0.25, 0.3) is 5.91 Å².